The molecule has 1 aliphatic rings. The molecule has 1 saturated carbocycles. The molecule has 1 fully saturated rings. The normalized spacial score (nSPS) is 19.6. The molecule has 2 rings (SSSR count). The van der Waals surface area contributed by atoms with E-state index in [-0.39, 0.29) is 5.54 Å². The lowest BCUT2D eigenvalue weighted by Crippen LogP contribution is -2.24. The number of rotatable bonds is 2. The Balaban J connectivity index is 2.17. The van der Waals surface area contributed by atoms with Crippen molar-refractivity contribution in [2.45, 2.75) is 31.7 Å². The molecule has 0 amide bonds. The van der Waals surface area contributed by atoms with E-state index in [1.54, 1.807) is 0 Å². The van der Waals surface area contributed by atoms with E-state index in [1.807, 2.05) is 11.3 Å². The monoisotopic (exact) mass is 245 g/mol. The lowest BCUT2D eigenvalue weighted by molar-refractivity contribution is 0.678. The predicted molar refractivity (Wildman–Crippen MR) is 56.6 cm³/mol. The van der Waals surface area contributed by atoms with E-state index in [1.165, 1.54) is 27.1 Å². The molecule has 1 aromatic rings. The molecule has 0 bridgehead atoms. The molecule has 1 aromatic heterocycles. The van der Waals surface area contributed by atoms with E-state index < -0.39 is 0 Å². The van der Waals surface area contributed by atoms with Crippen LogP contribution in [0.5, 0.6) is 0 Å². The lowest BCUT2D eigenvalue weighted by atomic mass is 10.2. The number of hydrogen-bond acceptors (Lipinski definition) is 2. The quantitative estimate of drug-likeness (QED) is 0.853. The van der Waals surface area contributed by atoms with Gasteiger partial charge in [0, 0.05) is 26.2 Å². The zero-order valence-corrected chi connectivity index (χ0v) is 9.46. The first kappa shape index (κ1) is 8.73. The second kappa shape index (κ2) is 2.82. The number of nitrogens with two attached hydrogens (primary N) is 1. The maximum absolute atomic E-state index is 6.04. The van der Waals surface area contributed by atoms with Gasteiger partial charge in [-0.3, -0.25) is 0 Å². The molecule has 3 heteroatoms. The summed E-state index contributed by atoms with van der Waals surface area (Å²) in [4.78, 5) is 2.77. The van der Waals surface area contributed by atoms with Gasteiger partial charge in [-0.15, -0.1) is 11.3 Å². The second-order valence-electron chi connectivity index (χ2n) is 3.67. The molecule has 0 spiro atoms. The van der Waals surface area contributed by atoms with Crippen molar-refractivity contribution in [1.29, 1.82) is 0 Å². The highest BCUT2D eigenvalue weighted by Gasteiger charge is 2.38. The van der Waals surface area contributed by atoms with Gasteiger partial charge in [0.15, 0.2) is 0 Å². The first-order valence-electron chi connectivity index (χ1n) is 4.13. The fourth-order valence-electron chi connectivity index (χ4n) is 1.31. The standard InChI is InChI=1S/C9H12BrNS/c1-6-4-7(10)8(12-6)5-9(11)2-3-9/h4H,2-3,5,11H2,1H3. The molecule has 66 valence electrons. The molecule has 0 saturated heterocycles. The molecule has 2 N–H and O–H groups in total. The Hall–Kier alpha value is 0.140. The van der Waals surface area contributed by atoms with Gasteiger partial charge in [-0.05, 0) is 41.8 Å². The third kappa shape index (κ3) is 1.73. The summed E-state index contributed by atoms with van der Waals surface area (Å²) >= 11 is 5.41. The Bertz CT molecular complexity index is 301. The number of hydrogen-bond donors (Lipinski definition) is 1. The smallest absolute Gasteiger partial charge is 0.0317 e. The summed E-state index contributed by atoms with van der Waals surface area (Å²) in [6.45, 7) is 2.13. The van der Waals surface area contributed by atoms with Gasteiger partial charge in [-0.2, -0.15) is 0 Å². The fourth-order valence-corrected chi connectivity index (χ4v) is 3.27. The van der Waals surface area contributed by atoms with Gasteiger partial charge >= 0.3 is 0 Å². The Morgan fingerprint density at radius 1 is 1.67 bits per heavy atom. The van der Waals surface area contributed by atoms with Crippen LogP contribution in [0.15, 0.2) is 10.5 Å². The van der Waals surface area contributed by atoms with Crippen LogP contribution in [0.1, 0.15) is 22.6 Å². The fraction of sp³-hybridized carbons (Fsp3) is 0.556. The average molecular weight is 246 g/mol. The largest absolute Gasteiger partial charge is 0.325 e. The van der Waals surface area contributed by atoms with E-state index in [4.69, 9.17) is 5.73 Å². The van der Waals surface area contributed by atoms with Crippen molar-refractivity contribution in [2.75, 3.05) is 0 Å². The summed E-state index contributed by atoms with van der Waals surface area (Å²) in [7, 11) is 0. The van der Waals surface area contributed by atoms with Crippen molar-refractivity contribution >= 4 is 27.3 Å². The summed E-state index contributed by atoms with van der Waals surface area (Å²) in [5.74, 6) is 0. The Kier molecular flexibility index (Phi) is 2.05. The number of halogens is 1. The molecule has 1 nitrogen and oxygen atoms in total. The second-order valence-corrected chi connectivity index (χ2v) is 5.86. The SMILES string of the molecule is Cc1cc(Br)c(CC2(N)CC2)s1. The van der Waals surface area contributed by atoms with Crippen LogP contribution in [0.25, 0.3) is 0 Å². The minimum absolute atomic E-state index is 0.139. The number of thiophene rings is 1. The average Bonchev–Trinajstić information content (AvgIpc) is 2.58. The predicted octanol–water partition coefficient (Wildman–Crippen LogP) is 2.85. The van der Waals surface area contributed by atoms with Gasteiger partial charge in [0.05, 0.1) is 0 Å². The molecular weight excluding hydrogens is 234 g/mol. The first-order valence-corrected chi connectivity index (χ1v) is 5.74. The molecule has 0 atom stereocenters. The maximum Gasteiger partial charge on any atom is 0.0317 e. The van der Waals surface area contributed by atoms with Crippen LogP contribution < -0.4 is 5.73 Å². The summed E-state index contributed by atoms with van der Waals surface area (Å²) in [6.07, 6.45) is 3.43. The van der Waals surface area contributed by atoms with E-state index in [2.05, 4.69) is 28.9 Å². The van der Waals surface area contributed by atoms with Gasteiger partial charge in [0.25, 0.3) is 0 Å². The van der Waals surface area contributed by atoms with Gasteiger partial charge < -0.3 is 5.73 Å². The third-order valence-electron chi connectivity index (χ3n) is 2.29. The van der Waals surface area contributed by atoms with E-state index in [0.29, 0.717) is 0 Å². The topological polar surface area (TPSA) is 26.0 Å². The van der Waals surface area contributed by atoms with Crippen molar-refractivity contribution in [1.82, 2.24) is 0 Å². The van der Waals surface area contributed by atoms with Crippen LogP contribution in [-0.4, -0.2) is 5.54 Å². The molecule has 1 aliphatic carbocycles. The van der Waals surface area contributed by atoms with Crippen LogP contribution in [0.3, 0.4) is 0 Å². The van der Waals surface area contributed by atoms with Crippen molar-refractivity contribution in [3.8, 4) is 0 Å². The van der Waals surface area contributed by atoms with Crippen LogP contribution in [0.2, 0.25) is 0 Å². The maximum atomic E-state index is 6.04. The summed E-state index contributed by atoms with van der Waals surface area (Å²) in [6, 6.07) is 2.17. The zero-order chi connectivity index (χ0) is 8.77. The minimum Gasteiger partial charge on any atom is -0.325 e. The Morgan fingerprint density at radius 2 is 2.33 bits per heavy atom. The summed E-state index contributed by atoms with van der Waals surface area (Å²) in [5.41, 5.74) is 6.18. The highest BCUT2D eigenvalue weighted by molar-refractivity contribution is 9.10. The van der Waals surface area contributed by atoms with Crippen LogP contribution >= 0.6 is 27.3 Å². The molecule has 1 heterocycles. The molecule has 0 unspecified atom stereocenters. The highest BCUT2D eigenvalue weighted by Crippen LogP contribution is 2.39. The van der Waals surface area contributed by atoms with E-state index in [0.717, 1.165) is 6.42 Å². The zero-order valence-electron chi connectivity index (χ0n) is 7.06. The van der Waals surface area contributed by atoms with Crippen molar-refractivity contribution in [2.24, 2.45) is 5.73 Å². The van der Waals surface area contributed by atoms with E-state index in [9.17, 15) is 0 Å². The summed E-state index contributed by atoms with van der Waals surface area (Å²) < 4.78 is 1.24. The molecule has 0 radical (unpaired) electrons. The Labute approximate surface area is 85.1 Å². The minimum atomic E-state index is 0.139. The molecule has 0 aliphatic heterocycles. The van der Waals surface area contributed by atoms with Gasteiger partial charge in [-0.25, -0.2) is 0 Å². The van der Waals surface area contributed by atoms with Crippen molar-refractivity contribution in [3.63, 3.8) is 0 Å². The molecule has 0 aromatic carbocycles. The highest BCUT2D eigenvalue weighted by atomic mass is 79.9. The number of aryl methyl sites for hydroxylation is 1. The van der Waals surface area contributed by atoms with Gasteiger partial charge in [0.1, 0.15) is 0 Å². The third-order valence-corrected chi connectivity index (χ3v) is 4.31. The van der Waals surface area contributed by atoms with Crippen molar-refractivity contribution < 1.29 is 0 Å². The van der Waals surface area contributed by atoms with Gasteiger partial charge in [0.2, 0.25) is 0 Å². The lowest BCUT2D eigenvalue weighted by Gasteiger charge is -2.05. The van der Waals surface area contributed by atoms with Crippen molar-refractivity contribution in [3.05, 3.63) is 20.3 Å². The summed E-state index contributed by atoms with van der Waals surface area (Å²) in [5, 5.41) is 0. The van der Waals surface area contributed by atoms with Gasteiger partial charge in [-0.1, -0.05) is 0 Å². The van der Waals surface area contributed by atoms with Crippen LogP contribution in [-0.2, 0) is 6.42 Å². The van der Waals surface area contributed by atoms with Crippen LogP contribution in [0, 0.1) is 6.92 Å². The Morgan fingerprint density at radius 3 is 2.75 bits per heavy atom. The van der Waals surface area contributed by atoms with Crippen LogP contribution in [0.4, 0.5) is 0 Å². The first-order chi connectivity index (χ1) is 5.59. The van der Waals surface area contributed by atoms with E-state index >= 15 is 0 Å². The molecule has 12 heavy (non-hydrogen) atoms. The molecular formula is C9H12BrNS.